The molecule has 0 aromatic carbocycles. The fraction of sp³-hybridized carbons (Fsp3) is 1.00. The molecule has 9 nitrogen and oxygen atoms in total. The van der Waals surface area contributed by atoms with Crippen LogP contribution in [0.2, 0.25) is 0 Å². The number of aliphatic hydroxyl groups excluding tert-OH is 5. The normalized spacial score (nSPS) is 12.0. The lowest BCUT2D eigenvalue weighted by molar-refractivity contribution is -0.0932. The molecule has 0 saturated carbocycles. The molecule has 0 aromatic heterocycles. The molecule has 0 spiro atoms. The standard InChI is InChI=1S/3C6H14O2.C4H10O2.C2H6O/c1-6(2,3)8-5-4-7;1-5(2)4-8-6(3)7;1-2-3-5-8-6-4-7;1-4(5)3-6-2;1-2-3/h7H,4-5H2,1-3H3;5-7H,4H2,1-3H3;7H,2-6H2,1H3;4-5H,3H2,1-2H3;3H,2H2,1H3. The molecular weight excluding hydrogens is 432 g/mol. The summed E-state index contributed by atoms with van der Waals surface area (Å²) in [5, 5.41) is 41.1. The van der Waals surface area contributed by atoms with Crippen LogP contribution in [0.5, 0.6) is 0 Å². The van der Waals surface area contributed by atoms with Gasteiger partial charge in [0.05, 0.1) is 51.3 Å². The Morgan fingerprint density at radius 1 is 0.788 bits per heavy atom. The minimum atomic E-state index is -0.614. The van der Waals surface area contributed by atoms with Crippen LogP contribution in [0.15, 0.2) is 0 Å². The second kappa shape index (κ2) is 36.2. The van der Waals surface area contributed by atoms with E-state index < -0.39 is 6.29 Å². The summed E-state index contributed by atoms with van der Waals surface area (Å²) in [6.45, 7) is 20.3. The first-order valence-corrected chi connectivity index (χ1v) is 11.8. The second-order valence-electron chi connectivity index (χ2n) is 8.32. The van der Waals surface area contributed by atoms with E-state index in [0.29, 0.717) is 32.3 Å². The molecular formula is C24H58O9. The molecule has 208 valence electrons. The zero-order valence-corrected chi connectivity index (χ0v) is 23.2. The van der Waals surface area contributed by atoms with Crippen molar-refractivity contribution in [3.05, 3.63) is 0 Å². The van der Waals surface area contributed by atoms with E-state index in [4.69, 9.17) is 39.7 Å². The van der Waals surface area contributed by atoms with Gasteiger partial charge >= 0.3 is 0 Å². The van der Waals surface area contributed by atoms with Gasteiger partial charge in [0.1, 0.15) is 0 Å². The maximum atomic E-state index is 8.58. The highest BCUT2D eigenvalue weighted by Gasteiger charge is 2.07. The second-order valence-corrected chi connectivity index (χ2v) is 8.32. The number of rotatable bonds is 12. The van der Waals surface area contributed by atoms with E-state index in [1.54, 1.807) is 27.9 Å². The maximum absolute atomic E-state index is 8.58. The Morgan fingerprint density at radius 2 is 1.27 bits per heavy atom. The molecule has 0 aromatic rings. The van der Waals surface area contributed by atoms with Crippen molar-refractivity contribution in [2.75, 3.05) is 60.0 Å². The van der Waals surface area contributed by atoms with E-state index >= 15 is 0 Å². The van der Waals surface area contributed by atoms with Crippen molar-refractivity contribution >= 4 is 0 Å². The first kappa shape index (κ1) is 42.8. The molecule has 0 aliphatic heterocycles. The third-order valence-electron chi connectivity index (χ3n) is 2.58. The Labute approximate surface area is 204 Å². The summed E-state index contributed by atoms with van der Waals surface area (Å²) in [5.41, 5.74) is -0.108. The lowest BCUT2D eigenvalue weighted by Gasteiger charge is -2.18. The van der Waals surface area contributed by atoms with E-state index in [1.807, 2.05) is 34.6 Å². The molecule has 2 unspecified atom stereocenters. The van der Waals surface area contributed by atoms with E-state index in [0.717, 1.165) is 19.4 Å². The van der Waals surface area contributed by atoms with Crippen molar-refractivity contribution in [2.45, 2.75) is 93.2 Å². The Balaban J connectivity index is -0.000000102. The third kappa shape index (κ3) is 89.3. The fourth-order valence-corrected chi connectivity index (χ4v) is 1.34. The lowest BCUT2D eigenvalue weighted by Crippen LogP contribution is -2.20. The highest BCUT2D eigenvalue weighted by Crippen LogP contribution is 2.04. The van der Waals surface area contributed by atoms with E-state index in [1.165, 1.54) is 0 Å². The predicted octanol–water partition coefficient (Wildman–Crippen LogP) is 2.60. The largest absolute Gasteiger partial charge is 0.397 e. The quantitative estimate of drug-likeness (QED) is 0.206. The van der Waals surface area contributed by atoms with Crippen LogP contribution in [0.25, 0.3) is 0 Å². The maximum Gasteiger partial charge on any atom is 0.151 e. The Bertz CT molecular complexity index is 280. The van der Waals surface area contributed by atoms with Crippen molar-refractivity contribution in [1.29, 1.82) is 0 Å². The SMILES string of the molecule is CC(C)(C)OCCO.CC(C)COC(C)O.CCCCOCCO.CCO.COCC(C)O. The molecule has 0 heterocycles. The summed E-state index contributed by atoms with van der Waals surface area (Å²) in [4.78, 5) is 0. The molecule has 0 saturated heterocycles. The van der Waals surface area contributed by atoms with Gasteiger partial charge in [-0.15, -0.1) is 0 Å². The molecule has 0 aliphatic carbocycles. The van der Waals surface area contributed by atoms with E-state index in [9.17, 15) is 0 Å². The minimum absolute atomic E-state index is 0.108. The highest BCUT2D eigenvalue weighted by molar-refractivity contribution is 4.57. The van der Waals surface area contributed by atoms with Gasteiger partial charge in [-0.25, -0.2) is 0 Å². The van der Waals surface area contributed by atoms with Gasteiger partial charge in [0.25, 0.3) is 0 Å². The van der Waals surface area contributed by atoms with Gasteiger partial charge in [-0.3, -0.25) is 0 Å². The van der Waals surface area contributed by atoms with Crippen LogP contribution in [0.4, 0.5) is 0 Å². The Kier molecular flexibility index (Phi) is 46.9. The Hall–Kier alpha value is -0.360. The lowest BCUT2D eigenvalue weighted by atomic mass is 10.2. The van der Waals surface area contributed by atoms with Gasteiger partial charge in [0, 0.05) is 20.3 Å². The smallest absolute Gasteiger partial charge is 0.151 e. The third-order valence-corrected chi connectivity index (χ3v) is 2.58. The molecule has 0 bridgehead atoms. The van der Waals surface area contributed by atoms with Gasteiger partial charge in [-0.05, 0) is 53.9 Å². The van der Waals surface area contributed by atoms with Crippen LogP contribution in [-0.2, 0) is 18.9 Å². The number of ether oxygens (including phenoxy) is 4. The average molecular weight is 491 g/mol. The highest BCUT2D eigenvalue weighted by atomic mass is 16.6. The van der Waals surface area contributed by atoms with Gasteiger partial charge in [0.2, 0.25) is 0 Å². The van der Waals surface area contributed by atoms with Crippen LogP contribution in [0.1, 0.15) is 75.2 Å². The zero-order chi connectivity index (χ0) is 27.1. The number of hydrogen-bond acceptors (Lipinski definition) is 9. The predicted molar refractivity (Wildman–Crippen MR) is 134 cm³/mol. The van der Waals surface area contributed by atoms with Gasteiger partial charge in [-0.1, -0.05) is 27.2 Å². The Morgan fingerprint density at radius 3 is 1.45 bits per heavy atom. The molecule has 9 heteroatoms. The average Bonchev–Trinajstić information content (AvgIpc) is 2.70. The van der Waals surface area contributed by atoms with Crippen molar-refractivity contribution in [3.63, 3.8) is 0 Å². The summed E-state index contributed by atoms with van der Waals surface area (Å²) >= 11 is 0. The van der Waals surface area contributed by atoms with Gasteiger partial charge < -0.3 is 44.5 Å². The summed E-state index contributed by atoms with van der Waals surface area (Å²) in [5.74, 6) is 0.504. The van der Waals surface area contributed by atoms with E-state index in [2.05, 4.69) is 11.7 Å². The molecule has 2 atom stereocenters. The van der Waals surface area contributed by atoms with Crippen LogP contribution in [-0.4, -0.2) is 103 Å². The first-order chi connectivity index (χ1) is 15.3. The number of methoxy groups -OCH3 is 1. The van der Waals surface area contributed by atoms with Crippen LogP contribution < -0.4 is 0 Å². The van der Waals surface area contributed by atoms with Crippen LogP contribution in [0, 0.1) is 5.92 Å². The van der Waals surface area contributed by atoms with E-state index in [-0.39, 0.29) is 31.5 Å². The molecule has 5 N–H and O–H groups in total. The van der Waals surface area contributed by atoms with Gasteiger partial charge in [-0.2, -0.15) is 0 Å². The topological polar surface area (TPSA) is 138 Å². The fourth-order valence-electron chi connectivity index (χ4n) is 1.34. The summed E-state index contributed by atoms with van der Waals surface area (Å²) in [7, 11) is 1.56. The monoisotopic (exact) mass is 490 g/mol. The number of hydrogen-bond donors (Lipinski definition) is 5. The van der Waals surface area contributed by atoms with Crippen molar-refractivity contribution in [1.82, 2.24) is 0 Å². The summed E-state index contributed by atoms with van der Waals surface area (Å²) in [6, 6.07) is 0. The first-order valence-electron chi connectivity index (χ1n) is 11.8. The molecule has 0 amide bonds. The molecule has 0 aliphatic rings. The molecule has 33 heavy (non-hydrogen) atoms. The molecule has 0 radical (unpaired) electrons. The molecule has 0 fully saturated rings. The number of unbranched alkanes of at least 4 members (excludes halogenated alkanes) is 1. The number of aliphatic hydroxyl groups is 5. The zero-order valence-electron chi connectivity index (χ0n) is 23.2. The van der Waals surface area contributed by atoms with Crippen molar-refractivity contribution in [2.24, 2.45) is 5.92 Å². The van der Waals surface area contributed by atoms with Gasteiger partial charge in [0.15, 0.2) is 6.29 Å². The summed E-state index contributed by atoms with van der Waals surface area (Å²) in [6.07, 6.45) is 1.32. The van der Waals surface area contributed by atoms with Crippen molar-refractivity contribution < 1.29 is 44.5 Å². The molecule has 0 rings (SSSR count). The van der Waals surface area contributed by atoms with Crippen LogP contribution in [0.3, 0.4) is 0 Å². The minimum Gasteiger partial charge on any atom is -0.397 e. The summed E-state index contributed by atoms with van der Waals surface area (Å²) < 4.78 is 19.5. The van der Waals surface area contributed by atoms with Crippen LogP contribution >= 0.6 is 0 Å². The van der Waals surface area contributed by atoms with Crippen molar-refractivity contribution in [3.8, 4) is 0 Å².